The topological polar surface area (TPSA) is 45.6 Å². The standard InChI is InChI=1S/C20H32FN3O/c1-4-25-12-11-20(9-5-6-10-20)15-24-19(22-3)23-14-17-8-7-16(2)18(21)13-17/h7-8,13H,4-6,9-12,14-15H2,1-3H3,(H2,22,23,24). The van der Waals surface area contributed by atoms with Crippen molar-refractivity contribution in [3.63, 3.8) is 0 Å². The van der Waals surface area contributed by atoms with E-state index in [-0.39, 0.29) is 5.82 Å². The number of nitrogens with one attached hydrogen (secondary N) is 2. The number of hydrogen-bond donors (Lipinski definition) is 2. The van der Waals surface area contributed by atoms with E-state index in [4.69, 9.17) is 4.74 Å². The summed E-state index contributed by atoms with van der Waals surface area (Å²) in [6.07, 6.45) is 6.17. The second kappa shape index (κ2) is 9.76. The average Bonchev–Trinajstić information content (AvgIpc) is 3.07. The van der Waals surface area contributed by atoms with Crippen LogP contribution < -0.4 is 10.6 Å². The van der Waals surface area contributed by atoms with E-state index in [1.54, 1.807) is 20.0 Å². The van der Waals surface area contributed by atoms with E-state index in [2.05, 4.69) is 15.6 Å². The summed E-state index contributed by atoms with van der Waals surface area (Å²) in [5.41, 5.74) is 1.89. The maximum atomic E-state index is 13.7. The number of guanidine groups is 1. The fourth-order valence-corrected chi connectivity index (χ4v) is 3.50. The van der Waals surface area contributed by atoms with Crippen LogP contribution in [0.15, 0.2) is 23.2 Å². The molecule has 1 fully saturated rings. The van der Waals surface area contributed by atoms with Gasteiger partial charge >= 0.3 is 0 Å². The highest BCUT2D eigenvalue weighted by Crippen LogP contribution is 2.40. The molecule has 0 radical (unpaired) electrons. The molecule has 0 unspecified atom stereocenters. The van der Waals surface area contributed by atoms with Crippen LogP contribution in [0.4, 0.5) is 4.39 Å². The number of aliphatic imine (C=N–C) groups is 1. The summed E-state index contributed by atoms with van der Waals surface area (Å²) in [6.45, 7) is 6.88. The first kappa shape index (κ1) is 19.7. The summed E-state index contributed by atoms with van der Waals surface area (Å²) < 4.78 is 19.2. The molecule has 0 aliphatic heterocycles. The van der Waals surface area contributed by atoms with Gasteiger partial charge in [-0.2, -0.15) is 0 Å². The Bertz CT molecular complexity index is 568. The van der Waals surface area contributed by atoms with E-state index < -0.39 is 0 Å². The number of ether oxygens (including phenoxy) is 1. The molecule has 2 N–H and O–H groups in total. The zero-order chi connectivity index (χ0) is 18.1. The Morgan fingerprint density at radius 3 is 2.68 bits per heavy atom. The highest BCUT2D eigenvalue weighted by atomic mass is 19.1. The molecule has 0 amide bonds. The van der Waals surface area contributed by atoms with Crippen molar-refractivity contribution in [3.05, 3.63) is 35.1 Å². The van der Waals surface area contributed by atoms with Crippen molar-refractivity contribution in [2.24, 2.45) is 10.4 Å². The molecule has 0 saturated heterocycles. The normalized spacial score (nSPS) is 16.9. The van der Waals surface area contributed by atoms with Crippen LogP contribution in [0.1, 0.15) is 50.2 Å². The van der Waals surface area contributed by atoms with Gasteiger partial charge in [-0.05, 0) is 55.7 Å². The minimum absolute atomic E-state index is 0.164. The average molecular weight is 349 g/mol. The Balaban J connectivity index is 1.84. The van der Waals surface area contributed by atoms with Gasteiger partial charge in [0.1, 0.15) is 5.82 Å². The monoisotopic (exact) mass is 349 g/mol. The van der Waals surface area contributed by atoms with Gasteiger partial charge in [-0.15, -0.1) is 0 Å². The van der Waals surface area contributed by atoms with Crippen LogP contribution in [-0.4, -0.2) is 32.8 Å². The van der Waals surface area contributed by atoms with Gasteiger partial charge in [-0.25, -0.2) is 4.39 Å². The number of hydrogen-bond acceptors (Lipinski definition) is 2. The zero-order valence-electron chi connectivity index (χ0n) is 15.8. The second-order valence-corrected chi connectivity index (χ2v) is 7.02. The number of halogens is 1. The molecule has 1 aliphatic carbocycles. The van der Waals surface area contributed by atoms with Crippen molar-refractivity contribution in [3.8, 4) is 0 Å². The maximum absolute atomic E-state index is 13.7. The van der Waals surface area contributed by atoms with Crippen molar-refractivity contribution in [2.45, 2.75) is 52.5 Å². The molecular formula is C20H32FN3O. The third-order valence-electron chi connectivity index (χ3n) is 5.20. The van der Waals surface area contributed by atoms with Crippen LogP contribution in [0.3, 0.4) is 0 Å². The Hall–Kier alpha value is -1.62. The Kier molecular flexibility index (Phi) is 7.69. The van der Waals surface area contributed by atoms with E-state index >= 15 is 0 Å². The van der Waals surface area contributed by atoms with Crippen molar-refractivity contribution >= 4 is 5.96 Å². The summed E-state index contributed by atoms with van der Waals surface area (Å²) >= 11 is 0. The lowest BCUT2D eigenvalue weighted by molar-refractivity contribution is 0.105. The van der Waals surface area contributed by atoms with Crippen LogP contribution in [0.25, 0.3) is 0 Å². The molecule has 25 heavy (non-hydrogen) atoms. The van der Waals surface area contributed by atoms with Gasteiger partial charge in [0.25, 0.3) is 0 Å². The fourth-order valence-electron chi connectivity index (χ4n) is 3.50. The lowest BCUT2D eigenvalue weighted by atomic mass is 9.83. The Morgan fingerprint density at radius 1 is 1.28 bits per heavy atom. The molecule has 0 aromatic heterocycles. The van der Waals surface area contributed by atoms with E-state index in [0.717, 1.165) is 37.7 Å². The summed E-state index contributed by atoms with van der Waals surface area (Å²) in [5.74, 6) is 0.603. The first-order valence-electron chi connectivity index (χ1n) is 9.36. The molecule has 2 rings (SSSR count). The molecule has 0 heterocycles. The van der Waals surface area contributed by atoms with Gasteiger partial charge in [0.2, 0.25) is 0 Å². The number of aryl methyl sites for hydroxylation is 1. The van der Waals surface area contributed by atoms with Gasteiger partial charge in [-0.1, -0.05) is 25.0 Å². The fraction of sp³-hybridized carbons (Fsp3) is 0.650. The number of benzene rings is 1. The van der Waals surface area contributed by atoms with E-state index in [9.17, 15) is 4.39 Å². The van der Waals surface area contributed by atoms with Crippen molar-refractivity contribution in [1.29, 1.82) is 0 Å². The first-order valence-corrected chi connectivity index (χ1v) is 9.36. The SMILES string of the molecule is CCOCCC1(CNC(=NC)NCc2ccc(C)c(F)c2)CCCC1. The Morgan fingerprint density at radius 2 is 2.04 bits per heavy atom. The second-order valence-electron chi connectivity index (χ2n) is 7.02. The molecule has 5 heteroatoms. The molecule has 1 aromatic carbocycles. The third kappa shape index (κ3) is 5.99. The number of rotatable bonds is 8. The van der Waals surface area contributed by atoms with E-state index in [0.29, 0.717) is 17.5 Å². The van der Waals surface area contributed by atoms with Crippen molar-refractivity contribution < 1.29 is 9.13 Å². The van der Waals surface area contributed by atoms with Crippen molar-refractivity contribution in [1.82, 2.24) is 10.6 Å². The van der Waals surface area contributed by atoms with Crippen LogP contribution in [-0.2, 0) is 11.3 Å². The molecule has 1 aromatic rings. The van der Waals surface area contributed by atoms with Crippen LogP contribution in [0.2, 0.25) is 0 Å². The van der Waals surface area contributed by atoms with Gasteiger partial charge in [0.05, 0.1) is 0 Å². The summed E-state index contributed by atoms with van der Waals surface area (Å²) in [5, 5.41) is 6.75. The Labute approximate surface area is 151 Å². The van der Waals surface area contributed by atoms with Crippen LogP contribution in [0.5, 0.6) is 0 Å². The number of nitrogens with zero attached hydrogens (tertiary/aromatic N) is 1. The maximum Gasteiger partial charge on any atom is 0.191 e. The minimum Gasteiger partial charge on any atom is -0.382 e. The zero-order valence-corrected chi connectivity index (χ0v) is 15.8. The van der Waals surface area contributed by atoms with Gasteiger partial charge in [0.15, 0.2) is 5.96 Å². The van der Waals surface area contributed by atoms with E-state index in [1.807, 2.05) is 19.1 Å². The van der Waals surface area contributed by atoms with Gasteiger partial charge in [0, 0.05) is 33.4 Å². The highest BCUT2D eigenvalue weighted by Gasteiger charge is 2.33. The van der Waals surface area contributed by atoms with Gasteiger partial charge in [-0.3, -0.25) is 4.99 Å². The van der Waals surface area contributed by atoms with Crippen molar-refractivity contribution in [2.75, 3.05) is 26.8 Å². The van der Waals surface area contributed by atoms with Crippen LogP contribution >= 0.6 is 0 Å². The smallest absolute Gasteiger partial charge is 0.191 e. The highest BCUT2D eigenvalue weighted by molar-refractivity contribution is 5.79. The molecule has 4 nitrogen and oxygen atoms in total. The third-order valence-corrected chi connectivity index (χ3v) is 5.20. The summed E-state index contributed by atoms with van der Waals surface area (Å²) in [6, 6.07) is 5.33. The molecule has 1 saturated carbocycles. The molecule has 1 aliphatic rings. The molecule has 0 bridgehead atoms. The minimum atomic E-state index is -0.164. The molecular weight excluding hydrogens is 317 g/mol. The summed E-state index contributed by atoms with van der Waals surface area (Å²) in [4.78, 5) is 4.30. The molecule has 0 spiro atoms. The lowest BCUT2D eigenvalue weighted by Crippen LogP contribution is -2.43. The lowest BCUT2D eigenvalue weighted by Gasteiger charge is -2.30. The predicted octanol–water partition coefficient (Wildman–Crippen LogP) is 3.79. The predicted molar refractivity (Wildman–Crippen MR) is 101 cm³/mol. The summed E-state index contributed by atoms with van der Waals surface area (Å²) in [7, 11) is 1.77. The molecule has 140 valence electrons. The largest absolute Gasteiger partial charge is 0.382 e. The first-order chi connectivity index (χ1) is 12.1. The quantitative estimate of drug-likeness (QED) is 0.426. The van der Waals surface area contributed by atoms with Gasteiger partial charge < -0.3 is 15.4 Å². The molecule has 0 atom stereocenters. The van der Waals surface area contributed by atoms with E-state index in [1.165, 1.54) is 25.7 Å². The van der Waals surface area contributed by atoms with Crippen LogP contribution in [0, 0.1) is 18.2 Å².